The van der Waals surface area contributed by atoms with E-state index in [2.05, 4.69) is 0 Å². The summed E-state index contributed by atoms with van der Waals surface area (Å²) in [7, 11) is 3.57. The molecule has 0 fully saturated rings. The van der Waals surface area contributed by atoms with Crippen LogP contribution in [0.2, 0.25) is 0 Å². The second-order valence-electron chi connectivity index (χ2n) is 3.67. The third-order valence-electron chi connectivity index (χ3n) is 2.22. The van der Waals surface area contributed by atoms with Crippen LogP contribution in [0.3, 0.4) is 0 Å². The molecule has 0 bridgehead atoms. The number of phenolic OH excluding ortho intramolecular Hbond substituents is 2. The van der Waals surface area contributed by atoms with Crippen molar-refractivity contribution in [3.8, 4) is 11.5 Å². The maximum absolute atomic E-state index is 11.6. The molecule has 1 aromatic rings. The van der Waals surface area contributed by atoms with Crippen molar-refractivity contribution in [3.05, 3.63) is 23.8 Å². The minimum atomic E-state index is -0.545. The number of phenols is 2. The number of benzene rings is 1. The standard InChI is InChI=1S/C11H15NO4/c1-7(12(2)3)16-11(15)8-4-5-9(13)10(14)6-8/h4-7,13-14H,1-3H3. The third kappa shape index (κ3) is 2.87. The van der Waals surface area contributed by atoms with Gasteiger partial charge >= 0.3 is 5.97 Å². The van der Waals surface area contributed by atoms with Gasteiger partial charge in [0.25, 0.3) is 0 Å². The van der Waals surface area contributed by atoms with Gasteiger partial charge in [0.1, 0.15) is 0 Å². The number of esters is 1. The molecule has 0 spiro atoms. The molecule has 5 heteroatoms. The Hall–Kier alpha value is -1.75. The maximum atomic E-state index is 11.6. The first-order chi connectivity index (χ1) is 7.41. The summed E-state index contributed by atoms with van der Waals surface area (Å²) >= 11 is 0. The van der Waals surface area contributed by atoms with E-state index in [0.717, 1.165) is 0 Å². The lowest BCUT2D eigenvalue weighted by Gasteiger charge is -2.19. The van der Waals surface area contributed by atoms with Crippen LogP contribution in [-0.2, 0) is 4.74 Å². The van der Waals surface area contributed by atoms with E-state index in [0.29, 0.717) is 0 Å². The number of nitrogens with zero attached hydrogens (tertiary/aromatic N) is 1. The molecule has 0 amide bonds. The van der Waals surface area contributed by atoms with E-state index < -0.39 is 5.97 Å². The Morgan fingerprint density at radius 2 is 1.94 bits per heavy atom. The molecule has 16 heavy (non-hydrogen) atoms. The first-order valence-corrected chi connectivity index (χ1v) is 4.81. The monoisotopic (exact) mass is 225 g/mol. The lowest BCUT2D eigenvalue weighted by atomic mass is 10.2. The second kappa shape index (κ2) is 4.85. The molecule has 0 heterocycles. The highest BCUT2D eigenvalue weighted by molar-refractivity contribution is 5.90. The average molecular weight is 225 g/mol. The Kier molecular flexibility index (Phi) is 3.73. The smallest absolute Gasteiger partial charge is 0.339 e. The zero-order valence-corrected chi connectivity index (χ0v) is 9.47. The molecule has 0 radical (unpaired) electrons. The van der Waals surface area contributed by atoms with Crippen LogP contribution in [0, 0.1) is 0 Å². The van der Waals surface area contributed by atoms with Gasteiger partial charge in [-0.05, 0) is 39.2 Å². The molecule has 1 unspecified atom stereocenters. The van der Waals surface area contributed by atoms with Gasteiger partial charge in [0.15, 0.2) is 17.7 Å². The number of hydrogen-bond donors (Lipinski definition) is 2. The van der Waals surface area contributed by atoms with E-state index in [9.17, 15) is 9.90 Å². The van der Waals surface area contributed by atoms with Crippen LogP contribution in [0.1, 0.15) is 17.3 Å². The molecule has 1 rings (SSSR count). The van der Waals surface area contributed by atoms with Gasteiger partial charge in [-0.15, -0.1) is 0 Å². The zero-order valence-electron chi connectivity index (χ0n) is 9.47. The van der Waals surface area contributed by atoms with Crippen molar-refractivity contribution in [2.45, 2.75) is 13.2 Å². The number of rotatable bonds is 3. The van der Waals surface area contributed by atoms with Crippen molar-refractivity contribution in [1.29, 1.82) is 0 Å². The van der Waals surface area contributed by atoms with Gasteiger partial charge in [0.2, 0.25) is 0 Å². The van der Waals surface area contributed by atoms with Crippen LogP contribution in [0.5, 0.6) is 11.5 Å². The quantitative estimate of drug-likeness (QED) is 0.459. The molecule has 0 aliphatic rings. The molecule has 88 valence electrons. The van der Waals surface area contributed by atoms with Crippen molar-refractivity contribution in [2.75, 3.05) is 14.1 Å². The minimum absolute atomic E-state index is 0.198. The van der Waals surface area contributed by atoms with Gasteiger partial charge < -0.3 is 14.9 Å². The summed E-state index contributed by atoms with van der Waals surface area (Å²) in [6.45, 7) is 1.73. The first-order valence-electron chi connectivity index (χ1n) is 4.81. The lowest BCUT2D eigenvalue weighted by molar-refractivity contribution is -0.00550. The fourth-order valence-corrected chi connectivity index (χ4v) is 0.979. The number of ether oxygens (including phenoxy) is 1. The van der Waals surface area contributed by atoms with Gasteiger partial charge in [-0.1, -0.05) is 0 Å². The summed E-state index contributed by atoms with van der Waals surface area (Å²) < 4.78 is 5.09. The van der Waals surface area contributed by atoms with E-state index >= 15 is 0 Å². The molecule has 0 saturated heterocycles. The summed E-state index contributed by atoms with van der Waals surface area (Å²) in [5, 5.41) is 18.3. The molecule has 0 saturated carbocycles. The van der Waals surface area contributed by atoms with Crippen molar-refractivity contribution in [1.82, 2.24) is 4.90 Å². The Balaban J connectivity index is 2.77. The van der Waals surface area contributed by atoms with Crippen LogP contribution in [0.15, 0.2) is 18.2 Å². The molecular formula is C11H15NO4. The lowest BCUT2D eigenvalue weighted by Crippen LogP contribution is -2.29. The van der Waals surface area contributed by atoms with Crippen LogP contribution < -0.4 is 0 Å². The molecule has 5 nitrogen and oxygen atoms in total. The fraction of sp³-hybridized carbons (Fsp3) is 0.364. The van der Waals surface area contributed by atoms with Gasteiger partial charge in [-0.25, -0.2) is 4.79 Å². The summed E-state index contributed by atoms with van der Waals surface area (Å²) in [4.78, 5) is 13.3. The molecule has 1 atom stereocenters. The van der Waals surface area contributed by atoms with Crippen LogP contribution in [0.4, 0.5) is 0 Å². The van der Waals surface area contributed by atoms with Crippen molar-refractivity contribution in [3.63, 3.8) is 0 Å². The van der Waals surface area contributed by atoms with Crippen molar-refractivity contribution >= 4 is 5.97 Å². The Bertz CT molecular complexity index is 390. The van der Waals surface area contributed by atoms with Crippen LogP contribution in [0.25, 0.3) is 0 Å². The zero-order chi connectivity index (χ0) is 12.3. The number of carbonyl (C=O) groups is 1. The Morgan fingerprint density at radius 1 is 1.31 bits per heavy atom. The van der Waals surface area contributed by atoms with Gasteiger partial charge in [0.05, 0.1) is 5.56 Å². The van der Waals surface area contributed by atoms with Gasteiger partial charge in [0, 0.05) is 0 Å². The number of hydrogen-bond acceptors (Lipinski definition) is 5. The highest BCUT2D eigenvalue weighted by Gasteiger charge is 2.14. The topological polar surface area (TPSA) is 70.0 Å². The maximum Gasteiger partial charge on any atom is 0.339 e. The molecule has 2 N–H and O–H groups in total. The van der Waals surface area contributed by atoms with E-state index in [1.807, 2.05) is 0 Å². The van der Waals surface area contributed by atoms with Crippen molar-refractivity contribution < 1.29 is 19.7 Å². The number of aromatic hydroxyl groups is 2. The summed E-state index contributed by atoms with van der Waals surface area (Å²) in [6, 6.07) is 3.80. The van der Waals surface area contributed by atoms with E-state index in [4.69, 9.17) is 9.84 Å². The second-order valence-corrected chi connectivity index (χ2v) is 3.67. The molecule has 0 aromatic heterocycles. The minimum Gasteiger partial charge on any atom is -0.504 e. The van der Waals surface area contributed by atoms with Crippen LogP contribution in [-0.4, -0.2) is 41.4 Å². The summed E-state index contributed by atoms with van der Waals surface area (Å²) in [5.41, 5.74) is 0.198. The van der Waals surface area contributed by atoms with Crippen LogP contribution >= 0.6 is 0 Å². The molecule has 0 aliphatic carbocycles. The fourth-order valence-electron chi connectivity index (χ4n) is 0.979. The van der Waals surface area contributed by atoms with E-state index in [1.54, 1.807) is 25.9 Å². The van der Waals surface area contributed by atoms with Gasteiger partial charge in [-0.3, -0.25) is 4.90 Å². The van der Waals surface area contributed by atoms with Crippen molar-refractivity contribution in [2.24, 2.45) is 0 Å². The third-order valence-corrected chi connectivity index (χ3v) is 2.22. The van der Waals surface area contributed by atoms with E-state index in [-0.39, 0.29) is 23.3 Å². The van der Waals surface area contributed by atoms with E-state index in [1.165, 1.54) is 18.2 Å². The first kappa shape index (κ1) is 12.3. The SMILES string of the molecule is CC(OC(=O)c1ccc(O)c(O)c1)N(C)C. The molecule has 0 aliphatic heterocycles. The molecular weight excluding hydrogens is 210 g/mol. The Morgan fingerprint density at radius 3 is 2.44 bits per heavy atom. The normalized spacial score (nSPS) is 12.5. The summed E-state index contributed by atoms with van der Waals surface area (Å²) in [6.07, 6.45) is -0.358. The largest absolute Gasteiger partial charge is 0.504 e. The average Bonchev–Trinajstić information content (AvgIpc) is 2.21. The highest BCUT2D eigenvalue weighted by atomic mass is 16.6. The molecule has 1 aromatic carbocycles. The predicted molar refractivity (Wildman–Crippen MR) is 58.3 cm³/mol. The van der Waals surface area contributed by atoms with Gasteiger partial charge in [-0.2, -0.15) is 0 Å². The number of carbonyl (C=O) groups excluding carboxylic acids is 1. The highest BCUT2D eigenvalue weighted by Crippen LogP contribution is 2.25. The summed E-state index contributed by atoms with van der Waals surface area (Å²) in [5.74, 6) is -1.15. The Labute approximate surface area is 93.9 Å². The predicted octanol–water partition coefficient (Wildman–Crippen LogP) is 1.16.